The van der Waals surface area contributed by atoms with Gasteiger partial charge in [0.25, 0.3) is 0 Å². The Balaban J connectivity index is 4.22. The molecule has 0 aliphatic heterocycles. The van der Waals surface area contributed by atoms with Crippen LogP contribution in [0.2, 0.25) is 0 Å². The summed E-state index contributed by atoms with van der Waals surface area (Å²) in [7, 11) is 2.16. The summed E-state index contributed by atoms with van der Waals surface area (Å²) in [6, 6.07) is 0.928. The van der Waals surface area contributed by atoms with Crippen LogP contribution in [0.15, 0.2) is 0 Å². The lowest BCUT2D eigenvalue weighted by Crippen LogP contribution is -2.47. The van der Waals surface area contributed by atoms with E-state index in [2.05, 4.69) is 51.9 Å². The van der Waals surface area contributed by atoms with Gasteiger partial charge in [0, 0.05) is 25.2 Å². The molecule has 0 heterocycles. The molecule has 0 spiro atoms. The number of hydrogen-bond acceptors (Lipinski definition) is 3. The number of nitrogens with zero attached hydrogens (tertiary/aromatic N) is 1. The van der Waals surface area contributed by atoms with Gasteiger partial charge in [-0.3, -0.25) is 0 Å². The second kappa shape index (κ2) is 7.25. The quantitative estimate of drug-likeness (QED) is 0.699. The van der Waals surface area contributed by atoms with Gasteiger partial charge in [-0.25, -0.2) is 0 Å². The molecular weight excluding hydrogens is 200 g/mol. The average Bonchev–Trinajstić information content (AvgIpc) is 2.15. The molecule has 3 heteroatoms. The first-order chi connectivity index (χ1) is 7.32. The molecule has 0 aromatic heterocycles. The molecule has 2 unspecified atom stereocenters. The zero-order valence-electron chi connectivity index (χ0n) is 11.9. The molecule has 16 heavy (non-hydrogen) atoms. The van der Waals surface area contributed by atoms with Crippen molar-refractivity contribution in [1.82, 2.24) is 10.2 Å². The van der Waals surface area contributed by atoms with Gasteiger partial charge < -0.3 is 15.3 Å². The first kappa shape index (κ1) is 15.9. The number of aliphatic hydroxyl groups is 1. The van der Waals surface area contributed by atoms with Gasteiger partial charge in [0.15, 0.2) is 0 Å². The number of hydrogen-bond donors (Lipinski definition) is 2. The topological polar surface area (TPSA) is 35.5 Å². The third-order valence-electron chi connectivity index (χ3n) is 3.39. The van der Waals surface area contributed by atoms with E-state index in [0.29, 0.717) is 17.5 Å². The maximum absolute atomic E-state index is 9.02. The first-order valence-corrected chi connectivity index (χ1v) is 6.37. The van der Waals surface area contributed by atoms with Crippen molar-refractivity contribution in [2.24, 2.45) is 5.41 Å². The molecule has 0 aliphatic carbocycles. The standard InChI is InChI=1S/C13H30N2O/c1-7-14-12(8-9-16)10-15(6)11(2)13(3,4)5/h11-12,14,16H,7-10H2,1-6H3. The maximum atomic E-state index is 9.02. The minimum Gasteiger partial charge on any atom is -0.396 e. The van der Waals surface area contributed by atoms with Crippen molar-refractivity contribution >= 4 is 0 Å². The van der Waals surface area contributed by atoms with E-state index in [0.717, 1.165) is 19.5 Å². The molecular formula is C13H30N2O. The van der Waals surface area contributed by atoms with Crippen LogP contribution in [0.25, 0.3) is 0 Å². The van der Waals surface area contributed by atoms with Crippen LogP contribution in [-0.2, 0) is 0 Å². The van der Waals surface area contributed by atoms with E-state index in [4.69, 9.17) is 5.11 Å². The van der Waals surface area contributed by atoms with E-state index >= 15 is 0 Å². The minimum absolute atomic E-state index is 0.259. The Hall–Kier alpha value is -0.120. The molecule has 0 saturated carbocycles. The number of likely N-dealkylation sites (N-methyl/N-ethyl adjacent to an activating group) is 2. The minimum atomic E-state index is 0.259. The third-order valence-corrected chi connectivity index (χ3v) is 3.39. The maximum Gasteiger partial charge on any atom is 0.0446 e. The lowest BCUT2D eigenvalue weighted by atomic mass is 9.87. The highest BCUT2D eigenvalue weighted by Gasteiger charge is 2.25. The van der Waals surface area contributed by atoms with E-state index < -0.39 is 0 Å². The summed E-state index contributed by atoms with van der Waals surface area (Å²) >= 11 is 0. The van der Waals surface area contributed by atoms with Crippen molar-refractivity contribution in [2.75, 3.05) is 26.7 Å². The van der Waals surface area contributed by atoms with Crippen molar-refractivity contribution in [1.29, 1.82) is 0 Å². The van der Waals surface area contributed by atoms with Gasteiger partial charge in [0.2, 0.25) is 0 Å². The molecule has 0 aromatic carbocycles. The molecule has 0 aliphatic rings. The van der Waals surface area contributed by atoms with Gasteiger partial charge >= 0.3 is 0 Å². The van der Waals surface area contributed by atoms with Gasteiger partial charge in [-0.1, -0.05) is 27.7 Å². The molecule has 0 radical (unpaired) electrons. The van der Waals surface area contributed by atoms with Crippen LogP contribution in [0.3, 0.4) is 0 Å². The Morgan fingerprint density at radius 2 is 1.88 bits per heavy atom. The lowest BCUT2D eigenvalue weighted by molar-refractivity contribution is 0.123. The third kappa shape index (κ3) is 5.83. The second-order valence-electron chi connectivity index (χ2n) is 5.75. The zero-order chi connectivity index (χ0) is 12.8. The van der Waals surface area contributed by atoms with Crippen molar-refractivity contribution < 1.29 is 5.11 Å². The summed E-state index contributed by atoms with van der Waals surface area (Å²) in [5.74, 6) is 0. The average molecular weight is 230 g/mol. The number of aliphatic hydroxyl groups excluding tert-OH is 1. The summed E-state index contributed by atoms with van der Waals surface area (Å²) in [5.41, 5.74) is 0.296. The molecule has 0 saturated heterocycles. The molecule has 0 bridgehead atoms. The highest BCUT2D eigenvalue weighted by atomic mass is 16.3. The Bertz CT molecular complexity index is 171. The molecule has 0 rings (SSSR count). The van der Waals surface area contributed by atoms with Gasteiger partial charge in [0.05, 0.1) is 0 Å². The molecule has 98 valence electrons. The number of rotatable bonds is 7. The van der Waals surface area contributed by atoms with Crippen molar-refractivity contribution in [2.45, 2.75) is 53.1 Å². The van der Waals surface area contributed by atoms with Crippen LogP contribution < -0.4 is 5.32 Å². The lowest BCUT2D eigenvalue weighted by Gasteiger charge is -2.37. The molecule has 2 atom stereocenters. The largest absolute Gasteiger partial charge is 0.396 e. The van der Waals surface area contributed by atoms with Crippen LogP contribution in [0.1, 0.15) is 41.0 Å². The normalized spacial score (nSPS) is 16.5. The van der Waals surface area contributed by atoms with Gasteiger partial charge in [-0.2, -0.15) is 0 Å². The van der Waals surface area contributed by atoms with Crippen LogP contribution in [-0.4, -0.2) is 48.8 Å². The molecule has 0 amide bonds. The van der Waals surface area contributed by atoms with Crippen molar-refractivity contribution in [3.8, 4) is 0 Å². The Kier molecular flexibility index (Phi) is 7.20. The monoisotopic (exact) mass is 230 g/mol. The predicted molar refractivity (Wildman–Crippen MR) is 70.7 cm³/mol. The van der Waals surface area contributed by atoms with Gasteiger partial charge in [-0.15, -0.1) is 0 Å². The molecule has 0 aromatic rings. The first-order valence-electron chi connectivity index (χ1n) is 6.37. The highest BCUT2D eigenvalue weighted by molar-refractivity contribution is 4.80. The Morgan fingerprint density at radius 3 is 2.25 bits per heavy atom. The summed E-state index contributed by atoms with van der Waals surface area (Å²) < 4.78 is 0. The zero-order valence-corrected chi connectivity index (χ0v) is 11.9. The summed E-state index contributed by atoms with van der Waals surface area (Å²) in [5, 5.41) is 12.4. The smallest absolute Gasteiger partial charge is 0.0446 e. The Morgan fingerprint density at radius 1 is 1.31 bits per heavy atom. The van der Waals surface area contributed by atoms with E-state index in [1.807, 2.05) is 0 Å². The molecule has 3 nitrogen and oxygen atoms in total. The van der Waals surface area contributed by atoms with Crippen LogP contribution >= 0.6 is 0 Å². The summed E-state index contributed by atoms with van der Waals surface area (Å²) in [6.07, 6.45) is 0.828. The van der Waals surface area contributed by atoms with E-state index in [1.165, 1.54) is 0 Å². The Labute approximate surface area is 101 Å². The fourth-order valence-electron chi connectivity index (χ4n) is 1.87. The van der Waals surface area contributed by atoms with Crippen LogP contribution in [0.5, 0.6) is 0 Å². The van der Waals surface area contributed by atoms with E-state index in [-0.39, 0.29) is 6.61 Å². The van der Waals surface area contributed by atoms with Gasteiger partial charge in [-0.05, 0) is 32.4 Å². The van der Waals surface area contributed by atoms with E-state index in [1.54, 1.807) is 0 Å². The van der Waals surface area contributed by atoms with Gasteiger partial charge in [0.1, 0.15) is 0 Å². The predicted octanol–water partition coefficient (Wildman–Crippen LogP) is 1.71. The summed E-state index contributed by atoms with van der Waals surface area (Å²) in [4.78, 5) is 2.38. The van der Waals surface area contributed by atoms with Crippen LogP contribution in [0, 0.1) is 5.41 Å². The number of nitrogens with one attached hydrogen (secondary N) is 1. The van der Waals surface area contributed by atoms with E-state index in [9.17, 15) is 0 Å². The van der Waals surface area contributed by atoms with Crippen molar-refractivity contribution in [3.05, 3.63) is 0 Å². The SMILES string of the molecule is CCNC(CCO)CN(C)C(C)C(C)(C)C. The molecule has 0 fully saturated rings. The van der Waals surface area contributed by atoms with Crippen LogP contribution in [0.4, 0.5) is 0 Å². The second-order valence-corrected chi connectivity index (χ2v) is 5.75. The summed E-state index contributed by atoms with van der Waals surface area (Å²) in [6.45, 7) is 13.4. The fourth-order valence-corrected chi connectivity index (χ4v) is 1.87. The molecule has 2 N–H and O–H groups in total. The van der Waals surface area contributed by atoms with Crippen molar-refractivity contribution in [3.63, 3.8) is 0 Å². The highest BCUT2D eigenvalue weighted by Crippen LogP contribution is 2.23. The fraction of sp³-hybridized carbons (Fsp3) is 1.00.